The van der Waals surface area contributed by atoms with Crippen LogP contribution in [0.5, 0.6) is 0 Å². The van der Waals surface area contributed by atoms with Crippen LogP contribution in [0.4, 0.5) is 9.59 Å². The van der Waals surface area contributed by atoms with E-state index in [1.54, 1.807) is 0 Å². The molecule has 0 saturated heterocycles. The molecular formula is C9H13IN2O4. The number of halogens is 1. The summed E-state index contributed by atoms with van der Waals surface area (Å²) in [5.74, 6) is 2.47. The largest absolute Gasteiger partial charge is 0.464 e. The summed E-state index contributed by atoms with van der Waals surface area (Å²) in [4.78, 5) is 26.7. The molecule has 0 radical (unpaired) electrons. The number of unbranched alkanes of at least 4 members (excludes halogenated alkanes) is 1. The lowest BCUT2D eigenvalue weighted by Crippen LogP contribution is -2.35. The average molecular weight is 340 g/mol. The summed E-state index contributed by atoms with van der Waals surface area (Å²) in [6.07, 6.45) is -0.720. The van der Waals surface area contributed by atoms with Gasteiger partial charge in [-0.25, -0.2) is 9.59 Å². The van der Waals surface area contributed by atoms with Gasteiger partial charge in [-0.1, -0.05) is 41.9 Å². The van der Waals surface area contributed by atoms with E-state index in [9.17, 15) is 9.59 Å². The number of nitrogens with zero attached hydrogens (tertiary/aromatic N) is 1. The number of hydroxylamine groups is 1. The first-order chi connectivity index (χ1) is 7.63. The summed E-state index contributed by atoms with van der Waals surface area (Å²) in [5, 5.41) is 8.67. The third-order valence-corrected chi connectivity index (χ3v) is 1.80. The zero-order chi connectivity index (χ0) is 12.4. The third-order valence-electron chi connectivity index (χ3n) is 1.42. The molecule has 6 nitrogen and oxygen atoms in total. The van der Waals surface area contributed by atoms with E-state index in [1.807, 2.05) is 29.5 Å². The Bertz CT molecular complexity index is 298. The summed E-state index contributed by atoms with van der Waals surface area (Å²) in [6, 6.07) is 2.17. The molecule has 0 aliphatic rings. The van der Waals surface area contributed by atoms with Crippen molar-refractivity contribution >= 4 is 34.8 Å². The number of imide groups is 1. The highest BCUT2D eigenvalue weighted by molar-refractivity contribution is 14.1. The standard InChI is InChI=1S/C9H13IN2O4/c1-2-3-6-11-16-9(15)12(8(13)14)7-4-5-10/h11H,2-3,5-6H2,1H3,(H,13,14). The van der Waals surface area contributed by atoms with E-state index < -0.39 is 12.2 Å². The molecule has 0 fully saturated rings. The zero-order valence-corrected chi connectivity index (χ0v) is 11.0. The first kappa shape index (κ1) is 15.0. The highest BCUT2D eigenvalue weighted by atomic mass is 127. The molecule has 0 aromatic heterocycles. The van der Waals surface area contributed by atoms with E-state index in [0.29, 0.717) is 15.9 Å². The van der Waals surface area contributed by atoms with Crippen molar-refractivity contribution in [2.45, 2.75) is 19.8 Å². The van der Waals surface area contributed by atoms with Gasteiger partial charge in [-0.2, -0.15) is 5.48 Å². The van der Waals surface area contributed by atoms with Gasteiger partial charge in [0, 0.05) is 12.6 Å². The second-order valence-electron chi connectivity index (χ2n) is 2.66. The van der Waals surface area contributed by atoms with Crippen LogP contribution in [0.1, 0.15) is 19.8 Å². The molecule has 0 atom stereocenters. The van der Waals surface area contributed by atoms with Gasteiger partial charge in [-0.3, -0.25) is 0 Å². The van der Waals surface area contributed by atoms with Gasteiger partial charge in [0.1, 0.15) is 0 Å². The molecule has 7 heteroatoms. The molecular weight excluding hydrogens is 327 g/mol. The van der Waals surface area contributed by atoms with E-state index in [-0.39, 0.29) is 0 Å². The fourth-order valence-corrected chi connectivity index (χ4v) is 0.858. The molecule has 2 amide bonds. The zero-order valence-electron chi connectivity index (χ0n) is 8.83. The summed E-state index contributed by atoms with van der Waals surface area (Å²) in [5.41, 5.74) is 2.37. The Labute approximate surface area is 107 Å². The predicted octanol–water partition coefficient (Wildman–Crippen LogP) is 1.80. The van der Waals surface area contributed by atoms with E-state index in [0.717, 1.165) is 12.8 Å². The second kappa shape index (κ2) is 9.23. The van der Waals surface area contributed by atoms with Gasteiger partial charge in [0.15, 0.2) is 0 Å². The van der Waals surface area contributed by atoms with Crippen molar-refractivity contribution in [2.24, 2.45) is 0 Å². The maximum atomic E-state index is 11.2. The quantitative estimate of drug-likeness (QED) is 0.204. The van der Waals surface area contributed by atoms with Crippen LogP contribution in [0, 0.1) is 12.0 Å². The number of hydrogen-bond donors (Lipinski definition) is 2. The lowest BCUT2D eigenvalue weighted by atomic mass is 10.3. The van der Waals surface area contributed by atoms with Crippen LogP contribution in [0.15, 0.2) is 0 Å². The normalized spacial score (nSPS) is 8.88. The van der Waals surface area contributed by atoms with Crippen LogP contribution in [0.2, 0.25) is 0 Å². The number of rotatable bonds is 4. The van der Waals surface area contributed by atoms with Crippen molar-refractivity contribution in [1.82, 2.24) is 10.4 Å². The summed E-state index contributed by atoms with van der Waals surface area (Å²) in [7, 11) is 0. The van der Waals surface area contributed by atoms with Crippen molar-refractivity contribution < 1.29 is 19.5 Å². The Hall–Kier alpha value is -1.01. The average Bonchev–Trinajstić information content (AvgIpc) is 2.24. The summed E-state index contributed by atoms with van der Waals surface area (Å²) in [6.45, 7) is 2.47. The highest BCUT2D eigenvalue weighted by Crippen LogP contribution is 1.93. The van der Waals surface area contributed by atoms with E-state index in [1.165, 1.54) is 0 Å². The Morgan fingerprint density at radius 2 is 2.25 bits per heavy atom. The van der Waals surface area contributed by atoms with E-state index in [2.05, 4.69) is 22.3 Å². The molecule has 0 unspecified atom stereocenters. The second-order valence-corrected chi connectivity index (χ2v) is 3.42. The Balaban J connectivity index is 4.13. The Morgan fingerprint density at radius 3 is 2.75 bits per heavy atom. The van der Waals surface area contributed by atoms with Gasteiger partial charge in [-0.05, 0) is 6.42 Å². The number of alkyl halides is 1. The topological polar surface area (TPSA) is 78.9 Å². The van der Waals surface area contributed by atoms with Crippen LogP contribution in [-0.4, -0.2) is 33.2 Å². The summed E-state index contributed by atoms with van der Waals surface area (Å²) < 4.78 is 0.429. The molecule has 2 N–H and O–H groups in total. The molecule has 0 saturated carbocycles. The maximum absolute atomic E-state index is 11.2. The Kier molecular flexibility index (Phi) is 8.65. The van der Waals surface area contributed by atoms with Gasteiger partial charge < -0.3 is 9.94 Å². The molecule has 0 aromatic carbocycles. The molecule has 0 spiro atoms. The molecule has 0 aliphatic carbocycles. The highest BCUT2D eigenvalue weighted by Gasteiger charge is 2.20. The van der Waals surface area contributed by atoms with Crippen molar-refractivity contribution in [2.75, 3.05) is 11.0 Å². The third kappa shape index (κ3) is 6.47. The lowest BCUT2D eigenvalue weighted by Gasteiger charge is -2.09. The monoisotopic (exact) mass is 340 g/mol. The molecule has 0 aromatic rings. The maximum Gasteiger partial charge on any atom is 0.450 e. The first-order valence-corrected chi connectivity index (χ1v) is 6.17. The van der Waals surface area contributed by atoms with Crippen LogP contribution < -0.4 is 5.48 Å². The number of amides is 2. The fraction of sp³-hybridized carbons (Fsp3) is 0.556. The van der Waals surface area contributed by atoms with Crippen LogP contribution in [0.25, 0.3) is 0 Å². The van der Waals surface area contributed by atoms with Gasteiger partial charge in [0.05, 0.1) is 4.43 Å². The van der Waals surface area contributed by atoms with Gasteiger partial charge in [0.2, 0.25) is 0 Å². The number of carbonyl (C=O) groups excluding carboxylic acids is 1. The van der Waals surface area contributed by atoms with Gasteiger partial charge >= 0.3 is 12.2 Å². The Morgan fingerprint density at radius 1 is 1.56 bits per heavy atom. The summed E-state index contributed by atoms with van der Waals surface area (Å²) >= 11 is 1.95. The number of carboxylic acid groups (broad SMARTS) is 1. The van der Waals surface area contributed by atoms with Gasteiger partial charge in [0.25, 0.3) is 0 Å². The van der Waals surface area contributed by atoms with Crippen molar-refractivity contribution in [1.29, 1.82) is 0 Å². The SMILES string of the molecule is CCCCNOC(=O)N(C#CCI)C(=O)O. The number of nitrogens with one attached hydrogen (secondary N) is 1. The van der Waals surface area contributed by atoms with Crippen molar-refractivity contribution in [3.8, 4) is 12.0 Å². The minimum atomic E-state index is -1.46. The molecule has 0 aliphatic heterocycles. The molecule has 0 bridgehead atoms. The first-order valence-electron chi connectivity index (χ1n) is 4.64. The number of carbonyl (C=O) groups is 2. The fourth-order valence-electron chi connectivity index (χ4n) is 0.688. The van der Waals surface area contributed by atoms with Crippen LogP contribution in [0.3, 0.4) is 0 Å². The minimum absolute atomic E-state index is 0.303. The minimum Gasteiger partial charge on any atom is -0.464 e. The predicted molar refractivity (Wildman–Crippen MR) is 65.9 cm³/mol. The van der Waals surface area contributed by atoms with Crippen molar-refractivity contribution in [3.63, 3.8) is 0 Å². The molecule has 16 heavy (non-hydrogen) atoms. The van der Waals surface area contributed by atoms with Crippen LogP contribution in [-0.2, 0) is 4.84 Å². The number of hydrogen-bond acceptors (Lipinski definition) is 4. The molecule has 0 heterocycles. The molecule has 0 rings (SSSR count). The van der Waals surface area contributed by atoms with Crippen LogP contribution >= 0.6 is 22.6 Å². The van der Waals surface area contributed by atoms with E-state index in [4.69, 9.17) is 5.11 Å². The van der Waals surface area contributed by atoms with E-state index >= 15 is 0 Å². The molecule has 90 valence electrons. The smallest absolute Gasteiger partial charge is 0.450 e. The van der Waals surface area contributed by atoms with Crippen molar-refractivity contribution in [3.05, 3.63) is 0 Å². The van der Waals surface area contributed by atoms with Gasteiger partial charge in [-0.15, -0.1) is 4.90 Å². The lowest BCUT2D eigenvalue weighted by molar-refractivity contribution is 0.0667.